The summed E-state index contributed by atoms with van der Waals surface area (Å²) in [4.78, 5) is 33.3. The number of benzene rings is 1. The van der Waals surface area contributed by atoms with Gasteiger partial charge in [-0.25, -0.2) is 24.3 Å². The molecule has 6 rings (SSSR count). The van der Waals surface area contributed by atoms with E-state index in [1.165, 1.54) is 47.3 Å². The molecule has 4 aromatic rings. The molecule has 0 saturated carbocycles. The topological polar surface area (TPSA) is 88.3 Å². The van der Waals surface area contributed by atoms with E-state index in [-0.39, 0.29) is 28.7 Å². The number of aromatic nitrogens is 5. The van der Waals surface area contributed by atoms with Gasteiger partial charge in [-0.3, -0.25) is 4.79 Å². The number of nitrogens with one attached hydrogen (secondary N) is 1. The number of thioether (sulfide) groups is 1. The average molecular weight is 608 g/mol. The lowest BCUT2D eigenvalue weighted by Gasteiger charge is -2.32. The molecule has 0 radical (unpaired) electrons. The SMILES string of the molecule is CC1(c2ccc(F)cc2)C(=O)Nc2nc(-c3cn4ccnc4c(CCC(F)(F)C(F)(F)F)n3)nc(N3CCSCC3)c21. The van der Waals surface area contributed by atoms with Crippen molar-refractivity contribution >= 4 is 35.0 Å². The summed E-state index contributed by atoms with van der Waals surface area (Å²) in [5.41, 5.74) is -0.0632. The third kappa shape index (κ3) is 4.72. The highest BCUT2D eigenvalue weighted by Gasteiger charge is 2.56. The molecule has 5 heterocycles. The van der Waals surface area contributed by atoms with Crippen LogP contribution in [0.25, 0.3) is 17.2 Å². The highest BCUT2D eigenvalue weighted by molar-refractivity contribution is 7.99. The van der Waals surface area contributed by atoms with Gasteiger partial charge >= 0.3 is 12.1 Å². The maximum absolute atomic E-state index is 13.8. The molecule has 0 bridgehead atoms. The first kappa shape index (κ1) is 28.2. The Hall–Kier alpha value is -3.88. The average Bonchev–Trinajstić information content (AvgIpc) is 3.54. The second kappa shape index (κ2) is 10.1. The molecule has 1 amide bonds. The number of nitrogens with zero attached hydrogens (tertiary/aromatic N) is 6. The van der Waals surface area contributed by atoms with Crippen molar-refractivity contribution in [2.75, 3.05) is 34.8 Å². The molecule has 8 nitrogen and oxygen atoms in total. The number of carbonyl (C=O) groups is 1. The maximum Gasteiger partial charge on any atom is 0.453 e. The van der Waals surface area contributed by atoms with Crippen molar-refractivity contribution in [2.24, 2.45) is 0 Å². The van der Waals surface area contributed by atoms with E-state index in [2.05, 4.69) is 20.3 Å². The van der Waals surface area contributed by atoms with Gasteiger partial charge < -0.3 is 14.6 Å². The van der Waals surface area contributed by atoms with E-state index in [1.807, 2.05) is 4.90 Å². The quantitative estimate of drug-likeness (QED) is 0.299. The van der Waals surface area contributed by atoms with Crippen molar-refractivity contribution in [3.8, 4) is 11.5 Å². The molecule has 1 unspecified atom stereocenters. The zero-order valence-corrected chi connectivity index (χ0v) is 22.9. The summed E-state index contributed by atoms with van der Waals surface area (Å²) in [5, 5.41) is 2.81. The Morgan fingerprint density at radius 3 is 2.45 bits per heavy atom. The van der Waals surface area contributed by atoms with Crippen LogP contribution in [0.2, 0.25) is 0 Å². The van der Waals surface area contributed by atoms with Gasteiger partial charge in [-0.2, -0.15) is 33.7 Å². The van der Waals surface area contributed by atoms with Gasteiger partial charge in [0.1, 0.15) is 28.6 Å². The molecule has 1 N–H and O–H groups in total. The van der Waals surface area contributed by atoms with E-state index in [0.29, 0.717) is 30.0 Å². The molecule has 2 aliphatic rings. The van der Waals surface area contributed by atoms with Crippen molar-refractivity contribution in [1.82, 2.24) is 24.3 Å². The molecule has 220 valence electrons. The number of aryl methyl sites for hydroxylation is 1. The molecule has 1 fully saturated rings. The summed E-state index contributed by atoms with van der Waals surface area (Å²) < 4.78 is 81.3. The van der Waals surface area contributed by atoms with Crippen molar-refractivity contribution in [2.45, 2.75) is 37.3 Å². The molecule has 1 saturated heterocycles. The number of carbonyl (C=O) groups excluding carboxylic acids is 1. The van der Waals surface area contributed by atoms with Gasteiger partial charge in [0.2, 0.25) is 5.91 Å². The van der Waals surface area contributed by atoms with Crippen LogP contribution in [0, 0.1) is 5.82 Å². The Balaban J connectivity index is 1.48. The molecule has 42 heavy (non-hydrogen) atoms. The first-order valence-corrected chi connectivity index (χ1v) is 14.1. The Morgan fingerprint density at radius 2 is 1.76 bits per heavy atom. The third-order valence-corrected chi connectivity index (χ3v) is 8.51. The molecular weight excluding hydrogens is 584 g/mol. The second-order valence-corrected chi connectivity index (χ2v) is 11.4. The first-order valence-electron chi connectivity index (χ1n) is 13.0. The summed E-state index contributed by atoms with van der Waals surface area (Å²) >= 11 is 1.77. The van der Waals surface area contributed by atoms with Crippen LogP contribution in [0.3, 0.4) is 0 Å². The zero-order valence-electron chi connectivity index (χ0n) is 22.1. The van der Waals surface area contributed by atoms with Gasteiger partial charge in [-0.1, -0.05) is 12.1 Å². The smallest absolute Gasteiger partial charge is 0.355 e. The van der Waals surface area contributed by atoms with Crippen LogP contribution in [-0.4, -0.2) is 66.9 Å². The van der Waals surface area contributed by atoms with E-state index in [0.717, 1.165) is 11.5 Å². The molecule has 0 aliphatic carbocycles. The van der Waals surface area contributed by atoms with Crippen LogP contribution >= 0.6 is 11.8 Å². The highest BCUT2D eigenvalue weighted by Crippen LogP contribution is 2.47. The molecule has 1 atom stereocenters. The van der Waals surface area contributed by atoms with Crippen LogP contribution in [0.1, 0.15) is 30.2 Å². The van der Waals surface area contributed by atoms with E-state index in [4.69, 9.17) is 4.98 Å². The summed E-state index contributed by atoms with van der Waals surface area (Å²) in [6.07, 6.45) is -3.53. The number of hydrogen-bond acceptors (Lipinski definition) is 7. The Labute approximate surface area is 239 Å². The number of anilines is 2. The van der Waals surface area contributed by atoms with E-state index in [9.17, 15) is 31.1 Å². The fourth-order valence-corrected chi connectivity index (χ4v) is 6.12. The predicted octanol–water partition coefficient (Wildman–Crippen LogP) is 5.27. The molecule has 1 aromatic carbocycles. The Morgan fingerprint density at radius 1 is 1.05 bits per heavy atom. The normalized spacial score (nSPS) is 19.3. The van der Waals surface area contributed by atoms with Gasteiger partial charge in [-0.05, 0) is 31.0 Å². The lowest BCUT2D eigenvalue weighted by molar-refractivity contribution is -0.284. The first-order chi connectivity index (χ1) is 19.9. The second-order valence-electron chi connectivity index (χ2n) is 10.2. The minimum Gasteiger partial charge on any atom is -0.355 e. The fourth-order valence-electron chi connectivity index (χ4n) is 5.21. The van der Waals surface area contributed by atoms with Gasteiger partial charge in [-0.15, -0.1) is 0 Å². The summed E-state index contributed by atoms with van der Waals surface area (Å²) in [6, 6.07) is 5.61. The number of rotatable bonds is 6. The van der Waals surface area contributed by atoms with Crippen LogP contribution in [0.15, 0.2) is 42.9 Å². The summed E-state index contributed by atoms with van der Waals surface area (Å²) in [5.74, 6) is -3.43. The van der Waals surface area contributed by atoms with Crippen molar-refractivity contribution in [1.29, 1.82) is 0 Å². The van der Waals surface area contributed by atoms with Crippen LogP contribution < -0.4 is 10.2 Å². The minimum atomic E-state index is -5.70. The zero-order chi connectivity index (χ0) is 29.9. The van der Waals surface area contributed by atoms with E-state index >= 15 is 0 Å². The predicted molar refractivity (Wildman–Crippen MR) is 144 cm³/mol. The van der Waals surface area contributed by atoms with Gasteiger partial charge in [0.05, 0.1) is 11.3 Å². The molecule has 15 heteroatoms. The number of alkyl halides is 5. The summed E-state index contributed by atoms with van der Waals surface area (Å²) in [7, 11) is 0. The monoisotopic (exact) mass is 607 g/mol. The summed E-state index contributed by atoms with van der Waals surface area (Å²) in [6.45, 7) is 2.95. The number of fused-ring (bicyclic) bond motifs is 2. The van der Waals surface area contributed by atoms with Crippen molar-refractivity contribution in [3.63, 3.8) is 0 Å². The van der Waals surface area contributed by atoms with E-state index < -0.39 is 42.1 Å². The number of amides is 1. The standard InChI is InChI=1S/C27H23F6N7OS/c1-25(15-2-4-16(28)5-3-15)19-21(38-24(25)41)36-20(37-23(19)39-10-12-42-13-11-39)18-14-40-9-8-34-22(40)17(35-18)6-7-26(29,30)27(31,32)33/h2-5,8-9,14H,6-7,10-13H2,1H3,(H,36,37,38,41). The number of halogens is 6. The fraction of sp³-hybridized carbons (Fsp3) is 0.370. The molecular formula is C27H23F6N7OS. The minimum absolute atomic E-state index is 0.0464. The molecule has 3 aromatic heterocycles. The van der Waals surface area contributed by atoms with Crippen molar-refractivity contribution < 1.29 is 31.1 Å². The maximum atomic E-state index is 13.8. The van der Waals surface area contributed by atoms with Crippen LogP contribution in [0.5, 0.6) is 0 Å². The van der Waals surface area contributed by atoms with Crippen LogP contribution in [0.4, 0.5) is 38.0 Å². The Kier molecular flexibility index (Phi) is 6.82. The third-order valence-electron chi connectivity index (χ3n) is 7.57. The van der Waals surface area contributed by atoms with Gasteiger partial charge in [0, 0.05) is 49.6 Å². The largest absolute Gasteiger partial charge is 0.453 e. The van der Waals surface area contributed by atoms with Crippen LogP contribution in [-0.2, 0) is 16.6 Å². The van der Waals surface area contributed by atoms with E-state index in [1.54, 1.807) is 18.7 Å². The van der Waals surface area contributed by atoms with Gasteiger partial charge in [0.15, 0.2) is 11.5 Å². The molecule has 0 spiro atoms. The Bertz CT molecular complexity index is 1670. The number of imidazole rings is 1. The lowest BCUT2D eigenvalue weighted by atomic mass is 9.77. The van der Waals surface area contributed by atoms with Gasteiger partial charge in [0.25, 0.3) is 0 Å². The highest BCUT2D eigenvalue weighted by atomic mass is 32.2. The number of hydrogen-bond donors (Lipinski definition) is 1. The van der Waals surface area contributed by atoms with Crippen molar-refractivity contribution in [3.05, 3.63) is 65.5 Å². The lowest BCUT2D eigenvalue weighted by Crippen LogP contribution is -2.38. The molecule has 2 aliphatic heterocycles.